The number of nitrogens with two attached hydrogens (primary N) is 1. The molecule has 5 rings (SSSR count). The van der Waals surface area contributed by atoms with E-state index < -0.39 is 0 Å². The predicted octanol–water partition coefficient (Wildman–Crippen LogP) is 4.08. The van der Waals surface area contributed by atoms with Gasteiger partial charge in [-0.1, -0.05) is 19.1 Å². The van der Waals surface area contributed by atoms with E-state index in [1.165, 1.54) is 12.1 Å². The van der Waals surface area contributed by atoms with Gasteiger partial charge in [0.1, 0.15) is 5.82 Å². The highest BCUT2D eigenvalue weighted by atomic mass is 19.1. The third-order valence-corrected chi connectivity index (χ3v) is 5.54. The quantitative estimate of drug-likeness (QED) is 0.453. The Morgan fingerprint density at radius 1 is 1.03 bits per heavy atom. The van der Waals surface area contributed by atoms with Crippen LogP contribution in [0.3, 0.4) is 0 Å². The second-order valence-corrected chi connectivity index (χ2v) is 7.57. The Hall–Kier alpha value is -4.14. The molecule has 0 radical (unpaired) electrons. The summed E-state index contributed by atoms with van der Waals surface area (Å²) in [5.41, 5.74) is 11.5. The van der Waals surface area contributed by atoms with Gasteiger partial charge < -0.3 is 5.73 Å². The van der Waals surface area contributed by atoms with Gasteiger partial charge in [-0.25, -0.2) is 13.9 Å². The summed E-state index contributed by atoms with van der Waals surface area (Å²) < 4.78 is 16.9. The maximum Gasteiger partial charge on any atom is 0.240 e. The molecular formula is C23H21FN8. The Morgan fingerprint density at radius 2 is 1.81 bits per heavy atom. The molecule has 8 nitrogen and oxygen atoms in total. The van der Waals surface area contributed by atoms with E-state index in [1.807, 2.05) is 30.1 Å². The number of rotatable bonds is 5. The summed E-state index contributed by atoms with van der Waals surface area (Å²) in [6.07, 6.45) is 9.78. The van der Waals surface area contributed by atoms with Gasteiger partial charge in [-0.2, -0.15) is 10.1 Å². The molecular weight excluding hydrogens is 407 g/mol. The van der Waals surface area contributed by atoms with E-state index in [9.17, 15) is 4.39 Å². The maximum atomic E-state index is 13.3. The van der Waals surface area contributed by atoms with Gasteiger partial charge in [-0.05, 0) is 37.1 Å². The standard InChI is InChI=1S/C23H21FN8/c1-3-21(15-4-6-17(24)7-5-15)32-13-16(10-27-32)19-11-26-12-20(28-19)18-8-9-31-22(14(18)2)29-23(25)30-31/h4-13,21H,3H2,1-2H3,(H2,25,30). The fraction of sp³-hybridized carbons (Fsp3) is 0.174. The molecule has 0 saturated carbocycles. The highest BCUT2D eigenvalue weighted by Crippen LogP contribution is 2.28. The molecule has 1 atom stereocenters. The molecule has 1 aromatic carbocycles. The monoisotopic (exact) mass is 428 g/mol. The first kappa shape index (κ1) is 19.8. The van der Waals surface area contributed by atoms with Gasteiger partial charge >= 0.3 is 0 Å². The summed E-state index contributed by atoms with van der Waals surface area (Å²) in [5.74, 6) is -0.0247. The number of aryl methyl sites for hydroxylation is 1. The first-order valence-electron chi connectivity index (χ1n) is 10.3. The number of pyridine rings is 1. The Kier molecular flexibility index (Phi) is 4.85. The van der Waals surface area contributed by atoms with Crippen LogP contribution in [0.4, 0.5) is 10.3 Å². The van der Waals surface area contributed by atoms with E-state index in [0.29, 0.717) is 11.3 Å². The highest BCUT2D eigenvalue weighted by molar-refractivity contribution is 5.72. The molecule has 160 valence electrons. The lowest BCUT2D eigenvalue weighted by Crippen LogP contribution is -2.10. The van der Waals surface area contributed by atoms with Crippen molar-refractivity contribution in [3.8, 4) is 22.5 Å². The lowest BCUT2D eigenvalue weighted by Gasteiger charge is -2.16. The smallest absolute Gasteiger partial charge is 0.240 e. The molecule has 0 aliphatic rings. The molecule has 0 aliphatic heterocycles. The van der Waals surface area contributed by atoms with Crippen molar-refractivity contribution in [3.63, 3.8) is 0 Å². The molecule has 1 unspecified atom stereocenters. The average molecular weight is 428 g/mol. The van der Waals surface area contributed by atoms with Crippen molar-refractivity contribution in [2.45, 2.75) is 26.3 Å². The van der Waals surface area contributed by atoms with Crippen LogP contribution in [-0.2, 0) is 0 Å². The van der Waals surface area contributed by atoms with E-state index >= 15 is 0 Å². The second kappa shape index (κ2) is 7.84. The van der Waals surface area contributed by atoms with Crippen LogP contribution in [0, 0.1) is 12.7 Å². The lowest BCUT2D eigenvalue weighted by molar-refractivity contribution is 0.508. The van der Waals surface area contributed by atoms with Crippen LogP contribution in [-0.4, -0.2) is 34.3 Å². The molecule has 0 saturated heterocycles. The van der Waals surface area contributed by atoms with E-state index in [2.05, 4.69) is 27.1 Å². The average Bonchev–Trinajstić information content (AvgIpc) is 3.43. The molecule has 9 heteroatoms. The number of nitrogen functional groups attached to an aromatic ring is 1. The third-order valence-electron chi connectivity index (χ3n) is 5.54. The number of fused-ring (bicyclic) bond motifs is 1. The summed E-state index contributed by atoms with van der Waals surface area (Å²) in [4.78, 5) is 13.5. The van der Waals surface area contributed by atoms with Crippen LogP contribution >= 0.6 is 0 Å². The summed E-state index contributed by atoms with van der Waals surface area (Å²) in [5, 5.41) is 8.69. The highest BCUT2D eigenvalue weighted by Gasteiger charge is 2.16. The Bertz CT molecular complexity index is 1400. The number of anilines is 1. The predicted molar refractivity (Wildman–Crippen MR) is 119 cm³/mol. The SMILES string of the molecule is CCC(c1ccc(F)cc1)n1cc(-c2cncc(-c3ccn4nc(N)nc4c3C)n2)cn1. The number of hydrogen-bond acceptors (Lipinski definition) is 6. The Labute approximate surface area is 183 Å². The number of aromatic nitrogens is 7. The molecule has 0 aliphatic carbocycles. The van der Waals surface area contributed by atoms with Gasteiger partial charge in [0.15, 0.2) is 5.65 Å². The molecule has 32 heavy (non-hydrogen) atoms. The van der Waals surface area contributed by atoms with E-state index in [1.54, 1.807) is 35.2 Å². The molecule has 0 fully saturated rings. The number of nitrogens with zero attached hydrogens (tertiary/aromatic N) is 7. The van der Waals surface area contributed by atoms with Crippen LogP contribution in [0.2, 0.25) is 0 Å². The fourth-order valence-corrected chi connectivity index (χ4v) is 3.90. The van der Waals surface area contributed by atoms with Gasteiger partial charge in [0, 0.05) is 29.1 Å². The Balaban J connectivity index is 1.50. The zero-order valence-corrected chi connectivity index (χ0v) is 17.6. The molecule has 5 aromatic rings. The zero-order valence-electron chi connectivity index (χ0n) is 17.6. The van der Waals surface area contributed by atoms with Crippen molar-refractivity contribution < 1.29 is 4.39 Å². The van der Waals surface area contributed by atoms with Crippen molar-refractivity contribution >= 4 is 11.6 Å². The number of hydrogen-bond donors (Lipinski definition) is 1. The second-order valence-electron chi connectivity index (χ2n) is 7.57. The van der Waals surface area contributed by atoms with Crippen LogP contribution in [0.15, 0.2) is 61.3 Å². The van der Waals surface area contributed by atoms with Gasteiger partial charge in [0.05, 0.1) is 36.0 Å². The molecule has 2 N–H and O–H groups in total. The van der Waals surface area contributed by atoms with Crippen LogP contribution in [0.5, 0.6) is 0 Å². The fourth-order valence-electron chi connectivity index (χ4n) is 3.90. The first-order chi connectivity index (χ1) is 15.5. The van der Waals surface area contributed by atoms with Crippen molar-refractivity contribution in [2.24, 2.45) is 0 Å². The van der Waals surface area contributed by atoms with E-state index in [4.69, 9.17) is 10.7 Å². The minimum Gasteiger partial charge on any atom is -0.366 e. The Morgan fingerprint density at radius 3 is 2.59 bits per heavy atom. The largest absolute Gasteiger partial charge is 0.366 e. The lowest BCUT2D eigenvalue weighted by atomic mass is 10.0. The van der Waals surface area contributed by atoms with Gasteiger partial charge in [-0.3, -0.25) is 9.67 Å². The van der Waals surface area contributed by atoms with Crippen LogP contribution in [0.25, 0.3) is 28.2 Å². The molecule has 0 amide bonds. The molecule has 4 heterocycles. The number of benzene rings is 1. The summed E-state index contributed by atoms with van der Waals surface area (Å²) in [7, 11) is 0. The summed E-state index contributed by atoms with van der Waals surface area (Å²) in [6.45, 7) is 4.03. The maximum absolute atomic E-state index is 13.3. The minimum absolute atomic E-state index is 0.00328. The molecule has 4 aromatic heterocycles. The third kappa shape index (κ3) is 3.47. The topological polar surface area (TPSA) is 99.8 Å². The van der Waals surface area contributed by atoms with Crippen LogP contribution < -0.4 is 5.73 Å². The summed E-state index contributed by atoms with van der Waals surface area (Å²) in [6, 6.07) is 8.46. The number of halogens is 1. The minimum atomic E-state index is -0.251. The summed E-state index contributed by atoms with van der Waals surface area (Å²) >= 11 is 0. The van der Waals surface area contributed by atoms with Gasteiger partial charge in [-0.15, -0.1) is 5.10 Å². The van der Waals surface area contributed by atoms with Crippen molar-refractivity contribution in [2.75, 3.05) is 5.73 Å². The van der Waals surface area contributed by atoms with Crippen LogP contribution in [0.1, 0.15) is 30.5 Å². The van der Waals surface area contributed by atoms with Crippen molar-refractivity contribution in [1.82, 2.24) is 34.3 Å². The molecule has 0 bridgehead atoms. The van der Waals surface area contributed by atoms with E-state index in [0.717, 1.165) is 34.4 Å². The molecule has 0 spiro atoms. The van der Waals surface area contributed by atoms with Gasteiger partial charge in [0.25, 0.3) is 0 Å². The van der Waals surface area contributed by atoms with Crippen molar-refractivity contribution in [3.05, 3.63) is 78.3 Å². The van der Waals surface area contributed by atoms with Crippen molar-refractivity contribution in [1.29, 1.82) is 0 Å². The normalized spacial score (nSPS) is 12.3. The zero-order chi connectivity index (χ0) is 22.2. The first-order valence-corrected chi connectivity index (χ1v) is 10.3. The van der Waals surface area contributed by atoms with E-state index in [-0.39, 0.29) is 17.8 Å². The van der Waals surface area contributed by atoms with Gasteiger partial charge in [0.2, 0.25) is 5.95 Å².